The molecule has 0 fully saturated rings. The zero-order valence-electron chi connectivity index (χ0n) is 15.7. The van der Waals surface area contributed by atoms with Gasteiger partial charge in [0.25, 0.3) is 0 Å². The number of hydrogen-bond acceptors (Lipinski definition) is 7. The molecule has 0 bridgehead atoms. The third-order valence-corrected chi connectivity index (χ3v) is 5.99. The van der Waals surface area contributed by atoms with Crippen LogP contribution in [-0.2, 0) is 10.0 Å². The Morgan fingerprint density at radius 3 is 2.39 bits per heavy atom. The van der Waals surface area contributed by atoms with Crippen LogP contribution in [0.15, 0.2) is 70.2 Å². The fourth-order valence-electron chi connectivity index (χ4n) is 2.93. The lowest BCUT2D eigenvalue weighted by Gasteiger charge is -2.10. The van der Waals surface area contributed by atoms with Crippen molar-refractivity contribution in [3.05, 3.63) is 71.0 Å². The number of pyridine rings is 1. The first kappa shape index (κ1) is 20.8. The normalized spacial score (nSPS) is 11.4. The zero-order valence-corrected chi connectivity index (χ0v) is 18.1. The average molecular weight is 500 g/mol. The summed E-state index contributed by atoms with van der Waals surface area (Å²) in [6.45, 7) is 0. The number of halogens is 1. The first-order chi connectivity index (χ1) is 14.7. The molecule has 0 amide bonds. The maximum atomic E-state index is 11.8. The van der Waals surface area contributed by atoms with Crippen molar-refractivity contribution in [1.29, 1.82) is 0 Å². The molecule has 0 unspecified atom stereocenters. The molecule has 4 aromatic rings. The number of rotatable bonds is 5. The Morgan fingerprint density at radius 2 is 1.74 bits per heavy atom. The number of primary sulfonamides is 1. The summed E-state index contributed by atoms with van der Waals surface area (Å²) in [7, 11) is -3.79. The second kappa shape index (κ2) is 8.02. The molecule has 2 heterocycles. The van der Waals surface area contributed by atoms with Gasteiger partial charge in [0, 0.05) is 27.3 Å². The van der Waals surface area contributed by atoms with Crippen LogP contribution in [0.5, 0.6) is 0 Å². The van der Waals surface area contributed by atoms with Crippen LogP contribution >= 0.6 is 15.9 Å². The Balaban J connectivity index is 1.73. The molecule has 2 aromatic carbocycles. The van der Waals surface area contributed by atoms with E-state index in [0.717, 1.165) is 4.47 Å². The molecule has 0 aliphatic heterocycles. The first-order valence-corrected chi connectivity index (χ1v) is 11.1. The summed E-state index contributed by atoms with van der Waals surface area (Å²) < 4.78 is 23.5. The lowest BCUT2D eigenvalue weighted by atomic mass is 10.0. The number of carboxylic acids is 1. The lowest BCUT2D eigenvalue weighted by Crippen LogP contribution is -2.11. The number of nitrogens with one attached hydrogen (secondary N) is 1. The minimum atomic E-state index is -3.79. The Bertz CT molecular complexity index is 1430. The van der Waals surface area contributed by atoms with Crippen molar-refractivity contribution in [2.75, 3.05) is 5.32 Å². The third kappa shape index (κ3) is 4.38. The molecule has 4 N–H and O–H groups in total. The Hall–Kier alpha value is -3.41. The Labute approximate surface area is 185 Å². The van der Waals surface area contributed by atoms with Gasteiger partial charge < -0.3 is 10.4 Å². The number of aromatic nitrogens is 3. The van der Waals surface area contributed by atoms with Gasteiger partial charge >= 0.3 is 5.97 Å². The quantitative estimate of drug-likeness (QED) is 0.377. The molecule has 0 saturated heterocycles. The van der Waals surface area contributed by atoms with Crippen LogP contribution in [-0.4, -0.2) is 34.4 Å². The zero-order chi connectivity index (χ0) is 22.2. The second-order valence-electron chi connectivity index (χ2n) is 6.47. The number of nitrogens with zero attached hydrogens (tertiary/aromatic N) is 3. The van der Waals surface area contributed by atoms with Crippen molar-refractivity contribution in [2.45, 2.75) is 4.90 Å². The fourth-order valence-corrected chi connectivity index (χ4v) is 3.94. The number of hydrogen-bond donors (Lipinski definition) is 3. The van der Waals surface area contributed by atoms with E-state index in [9.17, 15) is 18.3 Å². The summed E-state index contributed by atoms with van der Waals surface area (Å²) >= 11 is 3.44. The molecule has 4 rings (SSSR count). The maximum Gasteiger partial charge on any atom is 0.355 e. The van der Waals surface area contributed by atoms with E-state index in [4.69, 9.17) is 5.14 Å². The van der Waals surface area contributed by atoms with E-state index >= 15 is 0 Å². The number of nitrogens with two attached hydrogens (primary N) is 1. The van der Waals surface area contributed by atoms with Crippen molar-refractivity contribution in [3.8, 4) is 11.1 Å². The highest BCUT2D eigenvalue weighted by molar-refractivity contribution is 9.10. The summed E-state index contributed by atoms with van der Waals surface area (Å²) in [5.74, 6) is -1.01. The number of aromatic carboxylic acids is 1. The summed E-state index contributed by atoms with van der Waals surface area (Å²) in [6, 6.07) is 14.7. The molecule has 0 saturated carbocycles. The van der Waals surface area contributed by atoms with Crippen LogP contribution < -0.4 is 10.5 Å². The largest absolute Gasteiger partial charge is 0.476 e. The number of carboxylic acid groups (broad SMARTS) is 1. The summed E-state index contributed by atoms with van der Waals surface area (Å²) in [5.41, 5.74) is 1.71. The van der Waals surface area contributed by atoms with Gasteiger partial charge in [-0.05, 0) is 42.0 Å². The van der Waals surface area contributed by atoms with Gasteiger partial charge in [0.15, 0.2) is 11.3 Å². The summed E-state index contributed by atoms with van der Waals surface area (Å²) in [5, 5.41) is 18.3. The summed E-state index contributed by atoms with van der Waals surface area (Å²) in [4.78, 5) is 24.6. The van der Waals surface area contributed by atoms with Crippen LogP contribution in [0, 0.1) is 0 Å². The number of sulfonamides is 1. The van der Waals surface area contributed by atoms with E-state index in [0.29, 0.717) is 22.2 Å². The van der Waals surface area contributed by atoms with E-state index in [-0.39, 0.29) is 22.2 Å². The molecular weight excluding hydrogens is 486 g/mol. The molecule has 0 aliphatic carbocycles. The van der Waals surface area contributed by atoms with Crippen molar-refractivity contribution in [1.82, 2.24) is 15.0 Å². The fraction of sp³-hybridized carbons (Fsp3) is 0. The van der Waals surface area contributed by atoms with Crippen LogP contribution in [0.2, 0.25) is 0 Å². The molecule has 31 heavy (non-hydrogen) atoms. The molecule has 156 valence electrons. The van der Waals surface area contributed by atoms with Gasteiger partial charge in [-0.2, -0.15) is 4.98 Å². The highest BCUT2D eigenvalue weighted by Gasteiger charge is 2.18. The minimum Gasteiger partial charge on any atom is -0.476 e. The van der Waals surface area contributed by atoms with Crippen LogP contribution in [0.25, 0.3) is 22.2 Å². The van der Waals surface area contributed by atoms with Crippen molar-refractivity contribution in [2.24, 2.45) is 5.14 Å². The molecule has 2 aromatic heterocycles. The van der Waals surface area contributed by atoms with Crippen molar-refractivity contribution in [3.63, 3.8) is 0 Å². The molecule has 0 spiro atoms. The highest BCUT2D eigenvalue weighted by atomic mass is 79.9. The molecule has 9 nitrogen and oxygen atoms in total. The Kier molecular flexibility index (Phi) is 5.39. The smallest absolute Gasteiger partial charge is 0.355 e. The monoisotopic (exact) mass is 499 g/mol. The topological polar surface area (TPSA) is 148 Å². The molecule has 0 radical (unpaired) electrons. The van der Waals surface area contributed by atoms with Gasteiger partial charge in [-0.3, -0.25) is 0 Å². The molecular formula is C20H14BrN5O4S. The van der Waals surface area contributed by atoms with Gasteiger partial charge in [0.1, 0.15) is 0 Å². The lowest BCUT2D eigenvalue weighted by molar-refractivity contribution is 0.0691. The van der Waals surface area contributed by atoms with Crippen molar-refractivity contribution >= 4 is 54.6 Å². The van der Waals surface area contributed by atoms with E-state index in [2.05, 4.69) is 36.2 Å². The van der Waals surface area contributed by atoms with E-state index in [1.165, 1.54) is 30.5 Å². The predicted octanol–water partition coefficient (Wildman–Crippen LogP) is 3.54. The number of carbonyl (C=O) groups is 1. The average Bonchev–Trinajstić information content (AvgIpc) is 2.73. The number of anilines is 2. The van der Waals surface area contributed by atoms with Gasteiger partial charge in [-0.1, -0.05) is 34.1 Å². The van der Waals surface area contributed by atoms with Gasteiger partial charge in [-0.25, -0.2) is 28.3 Å². The Morgan fingerprint density at radius 1 is 1.03 bits per heavy atom. The van der Waals surface area contributed by atoms with Crippen LogP contribution in [0.4, 0.5) is 11.6 Å². The minimum absolute atomic E-state index is 0.0233. The van der Waals surface area contributed by atoms with Gasteiger partial charge in [0.05, 0.1) is 4.90 Å². The van der Waals surface area contributed by atoms with Crippen LogP contribution in [0.3, 0.4) is 0 Å². The standard InChI is InChI=1S/C20H14BrN5O4S/c21-16-4-2-1-3-14(16)15-9-11-10-23-20(26-18(11)25-17(15)19(27)28)24-12-5-7-13(8-6-12)31(22,29)30/h1-10H,(H,27,28)(H2,22,29,30)(H,23,24,25,26). The predicted molar refractivity (Wildman–Crippen MR) is 119 cm³/mol. The van der Waals surface area contributed by atoms with Crippen molar-refractivity contribution < 1.29 is 18.3 Å². The van der Waals surface area contributed by atoms with E-state index in [1.54, 1.807) is 18.2 Å². The van der Waals surface area contributed by atoms with Gasteiger partial charge in [0.2, 0.25) is 16.0 Å². The molecule has 0 atom stereocenters. The highest BCUT2D eigenvalue weighted by Crippen LogP contribution is 2.32. The second-order valence-corrected chi connectivity index (χ2v) is 8.89. The van der Waals surface area contributed by atoms with Crippen LogP contribution in [0.1, 0.15) is 10.5 Å². The maximum absolute atomic E-state index is 11.8. The molecule has 11 heteroatoms. The third-order valence-electron chi connectivity index (χ3n) is 4.37. The summed E-state index contributed by atoms with van der Waals surface area (Å²) in [6.07, 6.45) is 1.53. The van der Waals surface area contributed by atoms with E-state index < -0.39 is 16.0 Å². The number of benzene rings is 2. The SMILES string of the molecule is NS(=O)(=O)c1ccc(Nc2ncc3cc(-c4ccccc4Br)c(C(=O)O)nc3n2)cc1. The van der Waals surface area contributed by atoms with E-state index in [1.807, 2.05) is 12.1 Å². The van der Waals surface area contributed by atoms with Gasteiger partial charge in [-0.15, -0.1) is 0 Å². The number of fused-ring (bicyclic) bond motifs is 1. The first-order valence-electron chi connectivity index (χ1n) is 8.78. The molecule has 0 aliphatic rings.